The van der Waals surface area contributed by atoms with Crippen LogP contribution in [0.3, 0.4) is 0 Å². The summed E-state index contributed by atoms with van der Waals surface area (Å²) in [6.45, 7) is 7.48. The second-order valence-corrected chi connectivity index (χ2v) is 7.75. The third kappa shape index (κ3) is 4.06. The molecule has 0 bridgehead atoms. The third-order valence-corrected chi connectivity index (χ3v) is 6.01. The van der Waals surface area contributed by atoms with E-state index >= 15 is 0 Å². The van der Waals surface area contributed by atoms with Crippen molar-refractivity contribution in [2.24, 2.45) is 0 Å². The molecule has 0 aliphatic carbocycles. The number of carbonyl (C=O) groups is 1. The molecule has 2 saturated heterocycles. The van der Waals surface area contributed by atoms with E-state index in [1.54, 1.807) is 6.92 Å². The molecule has 1 atom stereocenters. The molecule has 5 heteroatoms. The Labute approximate surface area is 150 Å². The number of para-hydroxylation sites is 1. The summed E-state index contributed by atoms with van der Waals surface area (Å²) >= 11 is 1.96. The van der Waals surface area contributed by atoms with Crippen molar-refractivity contribution in [3.63, 3.8) is 0 Å². The topological polar surface area (TPSA) is 26.8 Å². The highest BCUT2D eigenvalue weighted by molar-refractivity contribution is 7.98. The summed E-state index contributed by atoms with van der Waals surface area (Å²) in [4.78, 5) is 18.6. The number of carbonyl (C=O) groups excluding carboxylic acids is 1. The van der Waals surface area contributed by atoms with Gasteiger partial charge in [-0.25, -0.2) is 0 Å². The van der Waals surface area contributed by atoms with Gasteiger partial charge in [-0.3, -0.25) is 9.69 Å². The molecule has 0 spiro atoms. The molecule has 0 unspecified atom stereocenters. The third-order valence-electron chi connectivity index (χ3n) is 5.29. The van der Waals surface area contributed by atoms with Crippen LogP contribution >= 0.6 is 11.8 Å². The van der Waals surface area contributed by atoms with E-state index in [9.17, 15) is 4.79 Å². The molecule has 132 valence electrons. The van der Waals surface area contributed by atoms with Gasteiger partial charge in [0.15, 0.2) is 0 Å². The van der Waals surface area contributed by atoms with Crippen LogP contribution in [0.5, 0.6) is 0 Å². The minimum absolute atomic E-state index is 0.194. The van der Waals surface area contributed by atoms with Gasteiger partial charge in [-0.1, -0.05) is 18.2 Å². The molecule has 0 aromatic heterocycles. The largest absolute Gasteiger partial charge is 0.368 e. The molecular weight excluding hydrogens is 318 g/mol. The Morgan fingerprint density at radius 1 is 1.17 bits per heavy atom. The number of likely N-dealkylation sites (tertiary alicyclic amines) is 1. The molecule has 1 aromatic rings. The van der Waals surface area contributed by atoms with Gasteiger partial charge in [0.05, 0.1) is 0 Å². The summed E-state index contributed by atoms with van der Waals surface area (Å²) in [7, 11) is 0. The fourth-order valence-electron chi connectivity index (χ4n) is 3.92. The first-order valence-electron chi connectivity index (χ1n) is 9.00. The normalized spacial score (nSPS) is 22.2. The van der Waals surface area contributed by atoms with Gasteiger partial charge in [0.2, 0.25) is 5.91 Å². The highest BCUT2D eigenvalue weighted by atomic mass is 32.2. The van der Waals surface area contributed by atoms with Crippen LogP contribution in [0.2, 0.25) is 0 Å². The summed E-state index contributed by atoms with van der Waals surface area (Å²) in [5.41, 5.74) is 2.79. The van der Waals surface area contributed by atoms with E-state index in [-0.39, 0.29) is 5.91 Å². The lowest BCUT2D eigenvalue weighted by Crippen LogP contribution is -2.48. The minimum atomic E-state index is 0.194. The van der Waals surface area contributed by atoms with Gasteiger partial charge in [0.1, 0.15) is 0 Å². The fourth-order valence-corrected chi connectivity index (χ4v) is 4.68. The Hall–Kier alpha value is -1.20. The van der Waals surface area contributed by atoms with E-state index in [1.807, 2.05) is 16.7 Å². The van der Waals surface area contributed by atoms with E-state index in [0.29, 0.717) is 0 Å². The van der Waals surface area contributed by atoms with Crippen LogP contribution in [-0.4, -0.2) is 66.5 Å². The molecule has 24 heavy (non-hydrogen) atoms. The van der Waals surface area contributed by atoms with Crippen LogP contribution in [0.4, 0.5) is 5.69 Å². The highest BCUT2D eigenvalue weighted by Gasteiger charge is 2.26. The van der Waals surface area contributed by atoms with Gasteiger partial charge in [-0.15, -0.1) is 0 Å². The molecule has 0 N–H and O–H groups in total. The van der Waals surface area contributed by atoms with Crippen LogP contribution in [0, 0.1) is 0 Å². The summed E-state index contributed by atoms with van der Waals surface area (Å²) in [5.74, 6) is 1.43. The Morgan fingerprint density at radius 2 is 1.92 bits per heavy atom. The number of nitrogens with zero attached hydrogens (tertiary/aromatic N) is 3. The maximum atomic E-state index is 11.5. The molecule has 2 aliphatic heterocycles. The van der Waals surface area contributed by atoms with Crippen LogP contribution in [-0.2, 0) is 11.3 Å². The Kier molecular flexibility index (Phi) is 6.06. The van der Waals surface area contributed by atoms with Crippen LogP contribution < -0.4 is 4.90 Å². The predicted octanol–water partition coefficient (Wildman–Crippen LogP) is 2.68. The van der Waals surface area contributed by atoms with E-state index in [0.717, 1.165) is 38.8 Å². The zero-order chi connectivity index (χ0) is 16.9. The summed E-state index contributed by atoms with van der Waals surface area (Å²) in [6, 6.07) is 9.55. The van der Waals surface area contributed by atoms with Gasteiger partial charge in [-0.05, 0) is 37.3 Å². The lowest BCUT2D eigenvalue weighted by molar-refractivity contribution is -0.129. The molecule has 2 heterocycles. The van der Waals surface area contributed by atoms with Crippen molar-refractivity contribution in [1.29, 1.82) is 0 Å². The number of benzene rings is 1. The van der Waals surface area contributed by atoms with Gasteiger partial charge < -0.3 is 9.80 Å². The van der Waals surface area contributed by atoms with Gasteiger partial charge in [0.25, 0.3) is 0 Å². The molecule has 3 rings (SSSR count). The second-order valence-electron chi connectivity index (χ2n) is 6.84. The number of hydrogen-bond donors (Lipinski definition) is 0. The van der Waals surface area contributed by atoms with Crippen molar-refractivity contribution < 1.29 is 4.79 Å². The first kappa shape index (κ1) is 17.6. The van der Waals surface area contributed by atoms with E-state index in [1.165, 1.54) is 36.4 Å². The van der Waals surface area contributed by atoms with Crippen molar-refractivity contribution in [2.45, 2.75) is 32.4 Å². The smallest absolute Gasteiger partial charge is 0.219 e. The van der Waals surface area contributed by atoms with Crippen molar-refractivity contribution >= 4 is 23.4 Å². The number of hydrogen-bond acceptors (Lipinski definition) is 4. The van der Waals surface area contributed by atoms with Gasteiger partial charge in [0, 0.05) is 57.1 Å². The van der Waals surface area contributed by atoms with Crippen LogP contribution in [0.25, 0.3) is 0 Å². The van der Waals surface area contributed by atoms with Crippen LogP contribution in [0.1, 0.15) is 25.3 Å². The van der Waals surface area contributed by atoms with Crippen molar-refractivity contribution in [2.75, 3.05) is 49.6 Å². The molecule has 2 fully saturated rings. The minimum Gasteiger partial charge on any atom is -0.368 e. The first-order valence-corrected chi connectivity index (χ1v) is 10.4. The molecule has 0 saturated carbocycles. The molecular formula is C19H29N3OS. The number of piperazine rings is 1. The first-order chi connectivity index (χ1) is 11.7. The summed E-state index contributed by atoms with van der Waals surface area (Å²) in [6.07, 6.45) is 4.87. The fraction of sp³-hybridized carbons (Fsp3) is 0.632. The molecule has 2 aliphatic rings. The maximum Gasteiger partial charge on any atom is 0.219 e. The second kappa shape index (κ2) is 8.26. The van der Waals surface area contributed by atoms with E-state index in [4.69, 9.17) is 0 Å². The zero-order valence-corrected chi connectivity index (χ0v) is 15.7. The quantitative estimate of drug-likeness (QED) is 0.818. The SMILES string of the molecule is CSC[C@H]1CCCN1Cc1ccccc1N1CCN(C(C)=O)CC1. The Balaban J connectivity index is 1.68. The zero-order valence-electron chi connectivity index (χ0n) is 14.9. The Morgan fingerprint density at radius 3 is 2.62 bits per heavy atom. The lowest BCUT2D eigenvalue weighted by Gasteiger charge is -2.37. The predicted molar refractivity (Wildman–Crippen MR) is 103 cm³/mol. The Bertz CT molecular complexity index is 557. The molecule has 1 aromatic carbocycles. The standard InChI is InChI=1S/C19H29N3OS/c1-16(23)20-10-12-21(13-11-20)19-8-4-3-6-17(19)14-22-9-5-7-18(22)15-24-2/h3-4,6,8,18H,5,7,9-15H2,1-2H3/t18-/m1/s1. The maximum absolute atomic E-state index is 11.5. The van der Waals surface area contributed by atoms with Crippen molar-refractivity contribution in [1.82, 2.24) is 9.80 Å². The molecule has 1 amide bonds. The van der Waals surface area contributed by atoms with Gasteiger partial charge in [-0.2, -0.15) is 11.8 Å². The monoisotopic (exact) mass is 347 g/mol. The van der Waals surface area contributed by atoms with Crippen molar-refractivity contribution in [3.05, 3.63) is 29.8 Å². The van der Waals surface area contributed by atoms with Crippen molar-refractivity contribution in [3.8, 4) is 0 Å². The van der Waals surface area contributed by atoms with E-state index in [2.05, 4.69) is 40.3 Å². The molecule has 4 nitrogen and oxygen atoms in total. The lowest BCUT2D eigenvalue weighted by atomic mass is 10.1. The highest BCUT2D eigenvalue weighted by Crippen LogP contribution is 2.27. The average Bonchev–Trinajstić information content (AvgIpc) is 3.03. The average molecular weight is 348 g/mol. The van der Waals surface area contributed by atoms with Crippen LogP contribution in [0.15, 0.2) is 24.3 Å². The molecule has 0 radical (unpaired) electrons. The van der Waals surface area contributed by atoms with Gasteiger partial charge >= 0.3 is 0 Å². The summed E-state index contributed by atoms with van der Waals surface area (Å²) < 4.78 is 0. The summed E-state index contributed by atoms with van der Waals surface area (Å²) in [5, 5.41) is 0. The van der Waals surface area contributed by atoms with E-state index < -0.39 is 0 Å². The number of amides is 1. The number of anilines is 1. The number of thioether (sulfide) groups is 1. The number of rotatable bonds is 5.